The van der Waals surface area contributed by atoms with Crippen LogP contribution in [0.25, 0.3) is 11.2 Å². The van der Waals surface area contributed by atoms with Crippen LogP contribution in [0.4, 0.5) is 0 Å². The minimum Gasteiger partial charge on any atom is -0.481 e. The molecule has 0 amide bonds. The van der Waals surface area contributed by atoms with Crippen molar-refractivity contribution >= 4 is 17.1 Å². The van der Waals surface area contributed by atoms with Crippen LogP contribution in [0.3, 0.4) is 0 Å². The van der Waals surface area contributed by atoms with Gasteiger partial charge in [-0.1, -0.05) is 6.92 Å². The maximum atomic E-state index is 10.8. The molecule has 1 unspecified atom stereocenters. The van der Waals surface area contributed by atoms with E-state index in [0.29, 0.717) is 6.42 Å². The molecule has 5 nitrogen and oxygen atoms in total. The molecule has 0 bridgehead atoms. The van der Waals surface area contributed by atoms with Crippen LogP contribution < -0.4 is 0 Å². The third kappa shape index (κ3) is 1.76. The van der Waals surface area contributed by atoms with Crippen LogP contribution in [0, 0.1) is 5.92 Å². The van der Waals surface area contributed by atoms with Crippen LogP contribution in [-0.2, 0) is 18.3 Å². The SMILES string of the molecule is CC(Cc1ccnc2c1ncn2C)C(=O)O. The van der Waals surface area contributed by atoms with Gasteiger partial charge in [-0.3, -0.25) is 4.79 Å². The van der Waals surface area contributed by atoms with Crippen LogP contribution in [0.15, 0.2) is 18.6 Å². The molecular formula is C11H13N3O2. The predicted octanol–water partition coefficient (Wildman–Crippen LogP) is 1.23. The molecule has 1 N–H and O–H groups in total. The second kappa shape index (κ2) is 3.92. The van der Waals surface area contributed by atoms with E-state index in [-0.39, 0.29) is 0 Å². The number of aryl methyl sites for hydroxylation is 1. The van der Waals surface area contributed by atoms with Gasteiger partial charge in [0, 0.05) is 13.2 Å². The fraction of sp³-hybridized carbons (Fsp3) is 0.364. The van der Waals surface area contributed by atoms with Crippen molar-refractivity contribution < 1.29 is 9.90 Å². The highest BCUT2D eigenvalue weighted by atomic mass is 16.4. The summed E-state index contributed by atoms with van der Waals surface area (Å²) in [5, 5.41) is 8.88. The second-order valence-corrected chi connectivity index (χ2v) is 3.94. The van der Waals surface area contributed by atoms with E-state index >= 15 is 0 Å². The summed E-state index contributed by atoms with van der Waals surface area (Å²) in [5.41, 5.74) is 2.51. The van der Waals surface area contributed by atoms with E-state index in [0.717, 1.165) is 16.7 Å². The molecule has 0 aliphatic heterocycles. The number of pyridine rings is 1. The van der Waals surface area contributed by atoms with Crippen LogP contribution in [-0.4, -0.2) is 25.6 Å². The van der Waals surface area contributed by atoms with Crippen LogP contribution in [0.2, 0.25) is 0 Å². The molecule has 0 aliphatic carbocycles. The quantitative estimate of drug-likeness (QED) is 0.843. The number of carbonyl (C=O) groups is 1. The molecule has 1 atom stereocenters. The summed E-state index contributed by atoms with van der Waals surface area (Å²) in [5.74, 6) is -1.20. The van der Waals surface area contributed by atoms with Gasteiger partial charge in [-0.05, 0) is 18.1 Å². The molecular weight excluding hydrogens is 206 g/mol. The Hall–Kier alpha value is -1.91. The minimum atomic E-state index is -0.791. The highest BCUT2D eigenvalue weighted by Gasteiger charge is 2.15. The van der Waals surface area contributed by atoms with Crippen LogP contribution in [0.1, 0.15) is 12.5 Å². The molecule has 5 heteroatoms. The molecule has 0 radical (unpaired) electrons. The van der Waals surface area contributed by atoms with Gasteiger partial charge >= 0.3 is 5.97 Å². The highest BCUT2D eigenvalue weighted by Crippen LogP contribution is 2.17. The molecule has 0 aliphatic rings. The van der Waals surface area contributed by atoms with Crippen molar-refractivity contribution in [1.29, 1.82) is 0 Å². The fourth-order valence-electron chi connectivity index (χ4n) is 1.66. The van der Waals surface area contributed by atoms with E-state index in [1.165, 1.54) is 0 Å². The number of hydrogen-bond acceptors (Lipinski definition) is 3. The molecule has 0 spiro atoms. The van der Waals surface area contributed by atoms with Gasteiger partial charge in [-0.15, -0.1) is 0 Å². The Morgan fingerprint density at radius 3 is 3.00 bits per heavy atom. The number of imidazole rings is 1. The molecule has 2 aromatic rings. The van der Waals surface area contributed by atoms with E-state index < -0.39 is 11.9 Å². The zero-order chi connectivity index (χ0) is 11.7. The lowest BCUT2D eigenvalue weighted by molar-refractivity contribution is -0.141. The van der Waals surface area contributed by atoms with E-state index in [9.17, 15) is 4.79 Å². The lowest BCUT2D eigenvalue weighted by Crippen LogP contribution is -2.12. The summed E-state index contributed by atoms with van der Waals surface area (Å²) < 4.78 is 1.82. The smallest absolute Gasteiger partial charge is 0.306 e. The Labute approximate surface area is 92.8 Å². The Bertz CT molecular complexity index is 533. The van der Waals surface area contributed by atoms with Gasteiger partial charge in [0.25, 0.3) is 0 Å². The van der Waals surface area contributed by atoms with Crippen molar-refractivity contribution in [2.45, 2.75) is 13.3 Å². The average molecular weight is 219 g/mol. The monoisotopic (exact) mass is 219 g/mol. The van der Waals surface area contributed by atoms with Crippen molar-refractivity contribution in [2.75, 3.05) is 0 Å². The maximum Gasteiger partial charge on any atom is 0.306 e. The molecule has 84 valence electrons. The number of aliphatic carboxylic acids is 1. The van der Waals surface area contributed by atoms with Gasteiger partial charge in [-0.2, -0.15) is 0 Å². The normalized spacial score (nSPS) is 12.9. The summed E-state index contributed by atoms with van der Waals surface area (Å²) in [6.45, 7) is 1.69. The van der Waals surface area contributed by atoms with E-state index in [2.05, 4.69) is 9.97 Å². The maximum absolute atomic E-state index is 10.8. The van der Waals surface area contributed by atoms with Gasteiger partial charge < -0.3 is 9.67 Å². The summed E-state index contributed by atoms with van der Waals surface area (Å²) in [7, 11) is 1.87. The van der Waals surface area contributed by atoms with Crippen molar-refractivity contribution in [2.24, 2.45) is 13.0 Å². The number of carboxylic acid groups (broad SMARTS) is 1. The third-order valence-electron chi connectivity index (χ3n) is 2.63. The number of aromatic nitrogens is 3. The summed E-state index contributed by atoms with van der Waals surface area (Å²) in [6, 6.07) is 1.83. The first-order valence-electron chi connectivity index (χ1n) is 5.07. The predicted molar refractivity (Wildman–Crippen MR) is 59.0 cm³/mol. The summed E-state index contributed by atoms with van der Waals surface area (Å²) in [4.78, 5) is 19.2. The molecule has 2 heterocycles. The largest absolute Gasteiger partial charge is 0.481 e. The lowest BCUT2D eigenvalue weighted by Gasteiger charge is -2.06. The number of nitrogens with zero attached hydrogens (tertiary/aromatic N) is 3. The first kappa shape index (κ1) is 10.6. The second-order valence-electron chi connectivity index (χ2n) is 3.94. The number of carboxylic acids is 1. The van der Waals surface area contributed by atoms with E-state index in [4.69, 9.17) is 5.11 Å². The fourth-order valence-corrected chi connectivity index (χ4v) is 1.66. The van der Waals surface area contributed by atoms with Gasteiger partial charge in [0.1, 0.15) is 5.52 Å². The molecule has 2 rings (SSSR count). The zero-order valence-corrected chi connectivity index (χ0v) is 9.21. The van der Waals surface area contributed by atoms with Crippen LogP contribution >= 0.6 is 0 Å². The zero-order valence-electron chi connectivity index (χ0n) is 9.21. The van der Waals surface area contributed by atoms with Crippen molar-refractivity contribution in [1.82, 2.24) is 14.5 Å². The lowest BCUT2D eigenvalue weighted by atomic mass is 10.0. The highest BCUT2D eigenvalue weighted by molar-refractivity contribution is 5.76. The van der Waals surface area contributed by atoms with Gasteiger partial charge in [-0.25, -0.2) is 9.97 Å². The van der Waals surface area contributed by atoms with Crippen molar-refractivity contribution in [3.8, 4) is 0 Å². The first-order valence-corrected chi connectivity index (χ1v) is 5.07. The Morgan fingerprint density at radius 2 is 2.31 bits per heavy atom. The molecule has 0 fully saturated rings. The van der Waals surface area contributed by atoms with Gasteiger partial charge in [0.2, 0.25) is 0 Å². The van der Waals surface area contributed by atoms with Crippen molar-refractivity contribution in [3.63, 3.8) is 0 Å². The van der Waals surface area contributed by atoms with Crippen LogP contribution in [0.5, 0.6) is 0 Å². The standard InChI is InChI=1S/C11H13N3O2/c1-7(11(15)16)5-8-3-4-12-10-9(8)13-6-14(10)2/h3-4,6-7H,5H2,1-2H3,(H,15,16). The summed E-state index contributed by atoms with van der Waals surface area (Å²) >= 11 is 0. The van der Waals surface area contributed by atoms with Gasteiger partial charge in [0.05, 0.1) is 12.2 Å². The van der Waals surface area contributed by atoms with Crippen molar-refractivity contribution in [3.05, 3.63) is 24.2 Å². The molecule has 0 saturated carbocycles. The molecule has 2 aromatic heterocycles. The Kier molecular flexibility index (Phi) is 2.60. The topological polar surface area (TPSA) is 68.0 Å². The third-order valence-corrected chi connectivity index (χ3v) is 2.63. The molecule has 0 saturated heterocycles. The average Bonchev–Trinajstić information content (AvgIpc) is 2.62. The Balaban J connectivity index is 2.41. The van der Waals surface area contributed by atoms with E-state index in [1.807, 2.05) is 17.7 Å². The first-order chi connectivity index (χ1) is 7.59. The Morgan fingerprint density at radius 1 is 1.56 bits per heavy atom. The van der Waals surface area contributed by atoms with Gasteiger partial charge in [0.15, 0.2) is 5.65 Å². The number of fused-ring (bicyclic) bond motifs is 1. The number of rotatable bonds is 3. The summed E-state index contributed by atoms with van der Waals surface area (Å²) in [6.07, 6.45) is 3.85. The molecule has 16 heavy (non-hydrogen) atoms. The minimum absolute atomic E-state index is 0.410. The molecule has 0 aromatic carbocycles. The number of hydrogen-bond donors (Lipinski definition) is 1. The van der Waals surface area contributed by atoms with E-state index in [1.54, 1.807) is 19.4 Å².